The maximum Gasteiger partial charge on any atom is 0.195 e. The van der Waals surface area contributed by atoms with Gasteiger partial charge in [-0.2, -0.15) is 0 Å². The quantitative estimate of drug-likeness (QED) is 0.929. The van der Waals surface area contributed by atoms with E-state index in [-0.39, 0.29) is 12.1 Å². The van der Waals surface area contributed by atoms with Crippen LogP contribution in [0.15, 0.2) is 65.7 Å². The first-order valence-electron chi connectivity index (χ1n) is 8.02. The van der Waals surface area contributed by atoms with Gasteiger partial charge in [0.2, 0.25) is 0 Å². The summed E-state index contributed by atoms with van der Waals surface area (Å²) in [4.78, 5) is 7.27. The third kappa shape index (κ3) is 2.84. The summed E-state index contributed by atoms with van der Waals surface area (Å²) in [5, 5.41) is 3.63. The highest BCUT2D eigenvalue weighted by Crippen LogP contribution is 2.36. The van der Waals surface area contributed by atoms with Crippen molar-refractivity contribution in [3.63, 3.8) is 0 Å². The smallest absolute Gasteiger partial charge is 0.195 e. The molecule has 0 fully saturated rings. The van der Waals surface area contributed by atoms with Gasteiger partial charge in [-0.1, -0.05) is 60.7 Å². The molecule has 2 aromatic carbocycles. The molecular formula is C19H23N3. The van der Waals surface area contributed by atoms with Crippen molar-refractivity contribution in [2.45, 2.75) is 25.9 Å². The van der Waals surface area contributed by atoms with Crippen molar-refractivity contribution in [2.75, 3.05) is 13.1 Å². The van der Waals surface area contributed by atoms with Gasteiger partial charge in [-0.05, 0) is 25.0 Å². The Morgan fingerprint density at radius 3 is 1.95 bits per heavy atom. The van der Waals surface area contributed by atoms with Crippen molar-refractivity contribution in [3.05, 3.63) is 71.8 Å². The SMILES string of the molecule is CCN(CC)C1=N[C@@H](c2ccccc2)[C@H](c2ccccc2)N1. The molecule has 0 saturated carbocycles. The number of benzene rings is 2. The molecule has 0 radical (unpaired) electrons. The molecule has 0 aliphatic carbocycles. The number of nitrogens with one attached hydrogen (secondary N) is 1. The van der Waals surface area contributed by atoms with Crippen molar-refractivity contribution in [2.24, 2.45) is 4.99 Å². The topological polar surface area (TPSA) is 27.6 Å². The van der Waals surface area contributed by atoms with Gasteiger partial charge < -0.3 is 10.2 Å². The van der Waals surface area contributed by atoms with E-state index in [2.05, 4.69) is 84.7 Å². The zero-order chi connectivity index (χ0) is 15.4. The average molecular weight is 293 g/mol. The molecule has 0 bridgehead atoms. The molecule has 22 heavy (non-hydrogen) atoms. The zero-order valence-corrected chi connectivity index (χ0v) is 13.2. The third-order valence-corrected chi connectivity index (χ3v) is 4.22. The van der Waals surface area contributed by atoms with E-state index in [1.165, 1.54) is 11.1 Å². The van der Waals surface area contributed by atoms with E-state index < -0.39 is 0 Å². The first-order chi connectivity index (χ1) is 10.8. The Kier molecular flexibility index (Phi) is 4.42. The van der Waals surface area contributed by atoms with E-state index in [1.54, 1.807) is 0 Å². The van der Waals surface area contributed by atoms with Crippen LogP contribution in [0.4, 0.5) is 0 Å². The number of nitrogens with zero attached hydrogens (tertiary/aromatic N) is 2. The summed E-state index contributed by atoms with van der Waals surface area (Å²) in [5.74, 6) is 1.01. The Bertz CT molecular complexity index is 618. The Morgan fingerprint density at radius 1 is 0.864 bits per heavy atom. The molecular weight excluding hydrogens is 270 g/mol. The molecule has 0 spiro atoms. The summed E-state index contributed by atoms with van der Waals surface area (Å²) in [5.41, 5.74) is 2.54. The zero-order valence-electron chi connectivity index (χ0n) is 13.2. The molecule has 2 atom stereocenters. The van der Waals surface area contributed by atoms with E-state index in [0.29, 0.717) is 0 Å². The van der Waals surface area contributed by atoms with Crippen molar-refractivity contribution in [3.8, 4) is 0 Å². The number of aliphatic imine (C=N–C) groups is 1. The molecule has 1 aliphatic rings. The average Bonchev–Trinajstić information content (AvgIpc) is 3.03. The third-order valence-electron chi connectivity index (χ3n) is 4.22. The van der Waals surface area contributed by atoms with Crippen LogP contribution >= 0.6 is 0 Å². The Morgan fingerprint density at radius 2 is 1.41 bits per heavy atom. The lowest BCUT2D eigenvalue weighted by atomic mass is 9.95. The van der Waals surface area contributed by atoms with Crippen LogP contribution in [0, 0.1) is 0 Å². The van der Waals surface area contributed by atoms with Crippen LogP contribution in [0.1, 0.15) is 37.1 Å². The number of hydrogen-bond acceptors (Lipinski definition) is 3. The molecule has 3 nitrogen and oxygen atoms in total. The van der Waals surface area contributed by atoms with Crippen LogP contribution in [0.3, 0.4) is 0 Å². The molecule has 0 amide bonds. The van der Waals surface area contributed by atoms with Gasteiger partial charge in [0.1, 0.15) is 6.04 Å². The Hall–Kier alpha value is -2.29. The highest BCUT2D eigenvalue weighted by atomic mass is 15.3. The minimum absolute atomic E-state index is 0.124. The maximum atomic E-state index is 4.99. The lowest BCUT2D eigenvalue weighted by molar-refractivity contribution is 0.447. The molecule has 3 heteroatoms. The molecule has 0 aromatic heterocycles. The molecule has 0 saturated heterocycles. The molecule has 114 valence electrons. The predicted octanol–water partition coefficient (Wildman–Crippen LogP) is 3.77. The van der Waals surface area contributed by atoms with Crippen molar-refractivity contribution < 1.29 is 0 Å². The van der Waals surface area contributed by atoms with Crippen molar-refractivity contribution in [1.82, 2.24) is 10.2 Å². The van der Waals surface area contributed by atoms with Gasteiger partial charge in [-0.3, -0.25) is 0 Å². The van der Waals surface area contributed by atoms with Crippen LogP contribution in [-0.4, -0.2) is 23.9 Å². The first kappa shape index (κ1) is 14.6. The number of rotatable bonds is 4. The lowest BCUT2D eigenvalue weighted by Gasteiger charge is -2.23. The minimum Gasteiger partial charge on any atom is -0.347 e. The molecule has 3 rings (SSSR count). The summed E-state index contributed by atoms with van der Waals surface area (Å²) in [6.07, 6.45) is 0. The second kappa shape index (κ2) is 6.65. The fourth-order valence-electron chi connectivity index (χ4n) is 3.00. The first-order valence-corrected chi connectivity index (χ1v) is 8.02. The van der Waals surface area contributed by atoms with Crippen molar-refractivity contribution in [1.29, 1.82) is 0 Å². The second-order valence-corrected chi connectivity index (χ2v) is 5.51. The number of guanidine groups is 1. The monoisotopic (exact) mass is 293 g/mol. The maximum absolute atomic E-state index is 4.99. The summed E-state index contributed by atoms with van der Waals surface area (Å²) >= 11 is 0. The van der Waals surface area contributed by atoms with E-state index in [1.807, 2.05) is 0 Å². The van der Waals surface area contributed by atoms with Gasteiger partial charge in [0.15, 0.2) is 5.96 Å². The van der Waals surface area contributed by atoms with Crippen LogP contribution in [0.25, 0.3) is 0 Å². The van der Waals surface area contributed by atoms with E-state index >= 15 is 0 Å². The van der Waals surface area contributed by atoms with Crippen LogP contribution < -0.4 is 5.32 Å². The Balaban J connectivity index is 1.96. The fourth-order valence-corrected chi connectivity index (χ4v) is 3.00. The molecule has 1 heterocycles. The van der Waals surface area contributed by atoms with Gasteiger partial charge >= 0.3 is 0 Å². The van der Waals surface area contributed by atoms with Crippen LogP contribution in [0.5, 0.6) is 0 Å². The second-order valence-electron chi connectivity index (χ2n) is 5.51. The lowest BCUT2D eigenvalue weighted by Crippen LogP contribution is -2.39. The van der Waals surface area contributed by atoms with Gasteiger partial charge in [0.05, 0.1) is 6.04 Å². The van der Waals surface area contributed by atoms with Gasteiger partial charge in [-0.15, -0.1) is 0 Å². The summed E-state index contributed by atoms with van der Waals surface area (Å²) in [6, 6.07) is 21.5. The van der Waals surface area contributed by atoms with Gasteiger partial charge in [0.25, 0.3) is 0 Å². The molecule has 1 N–H and O–H groups in total. The predicted molar refractivity (Wildman–Crippen MR) is 91.9 cm³/mol. The normalized spacial score (nSPS) is 20.4. The minimum atomic E-state index is 0.124. The van der Waals surface area contributed by atoms with E-state index in [9.17, 15) is 0 Å². The highest BCUT2D eigenvalue weighted by molar-refractivity contribution is 5.83. The summed E-state index contributed by atoms with van der Waals surface area (Å²) in [7, 11) is 0. The van der Waals surface area contributed by atoms with E-state index in [0.717, 1.165) is 19.0 Å². The highest BCUT2D eigenvalue weighted by Gasteiger charge is 2.32. The Labute approximate surface area is 132 Å². The fraction of sp³-hybridized carbons (Fsp3) is 0.316. The van der Waals surface area contributed by atoms with Gasteiger partial charge in [-0.25, -0.2) is 4.99 Å². The summed E-state index contributed by atoms with van der Waals surface area (Å²) in [6.45, 7) is 6.26. The molecule has 0 unspecified atom stereocenters. The largest absolute Gasteiger partial charge is 0.347 e. The van der Waals surface area contributed by atoms with Crippen molar-refractivity contribution >= 4 is 5.96 Å². The number of hydrogen-bond donors (Lipinski definition) is 1. The molecule has 1 aliphatic heterocycles. The molecule has 2 aromatic rings. The standard InChI is InChI=1S/C19H23N3/c1-3-22(4-2)19-20-17(15-11-7-5-8-12-15)18(21-19)16-13-9-6-10-14-16/h5-14,17-18H,3-4H2,1-2H3,(H,20,21)/t17-,18-/m0/s1. The van der Waals surface area contributed by atoms with Gasteiger partial charge in [0, 0.05) is 13.1 Å². The summed E-state index contributed by atoms with van der Waals surface area (Å²) < 4.78 is 0. The van der Waals surface area contributed by atoms with E-state index in [4.69, 9.17) is 4.99 Å². The van der Waals surface area contributed by atoms with Crippen LogP contribution in [-0.2, 0) is 0 Å². The van der Waals surface area contributed by atoms with Crippen LogP contribution in [0.2, 0.25) is 0 Å².